The van der Waals surface area contributed by atoms with Crippen molar-refractivity contribution in [3.8, 4) is 0 Å². The SMILES string of the molecule is CN(C)CCNC(=O)C(c1ccc(C(F)(F)F)cc1)N1CCN(c2ncnc(N)c2Br)CC1. The van der Waals surface area contributed by atoms with Gasteiger partial charge in [0.1, 0.15) is 28.5 Å². The Hall–Kier alpha value is -2.44. The zero-order chi connectivity index (χ0) is 24.2. The molecule has 1 unspecified atom stereocenters. The van der Waals surface area contributed by atoms with Crippen molar-refractivity contribution in [2.45, 2.75) is 12.2 Å². The van der Waals surface area contributed by atoms with E-state index in [-0.39, 0.29) is 5.91 Å². The van der Waals surface area contributed by atoms with Gasteiger partial charge < -0.3 is 20.9 Å². The van der Waals surface area contributed by atoms with E-state index in [0.29, 0.717) is 60.9 Å². The summed E-state index contributed by atoms with van der Waals surface area (Å²) in [5.74, 6) is 0.770. The predicted octanol–water partition coefficient (Wildman–Crippen LogP) is 2.38. The van der Waals surface area contributed by atoms with E-state index < -0.39 is 17.8 Å². The van der Waals surface area contributed by atoms with E-state index in [9.17, 15) is 18.0 Å². The Labute approximate surface area is 199 Å². The summed E-state index contributed by atoms with van der Waals surface area (Å²) in [5, 5.41) is 2.91. The van der Waals surface area contributed by atoms with Gasteiger partial charge in [-0.25, -0.2) is 9.97 Å². The van der Waals surface area contributed by atoms with E-state index in [4.69, 9.17) is 5.73 Å². The van der Waals surface area contributed by atoms with Gasteiger partial charge in [-0.3, -0.25) is 9.69 Å². The minimum atomic E-state index is -4.43. The molecule has 33 heavy (non-hydrogen) atoms. The Morgan fingerprint density at radius 3 is 2.39 bits per heavy atom. The monoisotopic (exact) mass is 529 g/mol. The van der Waals surface area contributed by atoms with Gasteiger partial charge in [-0.1, -0.05) is 12.1 Å². The van der Waals surface area contributed by atoms with Gasteiger partial charge in [-0.05, 0) is 47.7 Å². The Kier molecular flexibility index (Phi) is 8.14. The molecular formula is C21H27BrF3N7O. The number of nitrogens with two attached hydrogens (primary N) is 1. The lowest BCUT2D eigenvalue weighted by molar-refractivity contribution is -0.137. The van der Waals surface area contributed by atoms with Crippen LogP contribution in [0.2, 0.25) is 0 Å². The Bertz CT molecular complexity index is 948. The highest BCUT2D eigenvalue weighted by atomic mass is 79.9. The topological polar surface area (TPSA) is 90.6 Å². The summed E-state index contributed by atoms with van der Waals surface area (Å²) in [6, 6.07) is 4.11. The summed E-state index contributed by atoms with van der Waals surface area (Å²) in [7, 11) is 3.80. The number of nitrogens with one attached hydrogen (secondary N) is 1. The summed E-state index contributed by atoms with van der Waals surface area (Å²) in [6.07, 6.45) is -3.04. The quantitative estimate of drug-likeness (QED) is 0.569. The zero-order valence-corrected chi connectivity index (χ0v) is 20.0. The number of carbonyl (C=O) groups is 1. The van der Waals surface area contributed by atoms with Crippen molar-refractivity contribution in [1.29, 1.82) is 0 Å². The minimum absolute atomic E-state index is 0.238. The highest BCUT2D eigenvalue weighted by Crippen LogP contribution is 2.32. The Morgan fingerprint density at radius 1 is 1.18 bits per heavy atom. The fraction of sp³-hybridized carbons (Fsp3) is 0.476. The lowest BCUT2D eigenvalue weighted by Gasteiger charge is -2.39. The zero-order valence-electron chi connectivity index (χ0n) is 18.4. The number of halogens is 4. The third-order valence-corrected chi connectivity index (χ3v) is 6.20. The van der Waals surface area contributed by atoms with E-state index in [0.717, 1.165) is 12.1 Å². The number of piperazine rings is 1. The molecule has 0 spiro atoms. The lowest BCUT2D eigenvalue weighted by Crippen LogP contribution is -2.51. The van der Waals surface area contributed by atoms with Crippen molar-refractivity contribution in [3.63, 3.8) is 0 Å². The lowest BCUT2D eigenvalue weighted by atomic mass is 10.0. The highest BCUT2D eigenvalue weighted by molar-refractivity contribution is 9.10. The molecule has 1 amide bonds. The molecule has 0 bridgehead atoms. The first-order valence-corrected chi connectivity index (χ1v) is 11.2. The molecule has 0 radical (unpaired) electrons. The molecule has 1 aliphatic heterocycles. The van der Waals surface area contributed by atoms with E-state index in [2.05, 4.69) is 31.2 Å². The smallest absolute Gasteiger partial charge is 0.383 e. The summed E-state index contributed by atoms with van der Waals surface area (Å²) >= 11 is 3.42. The molecule has 1 fully saturated rings. The third kappa shape index (κ3) is 6.33. The number of alkyl halides is 3. The molecule has 2 heterocycles. The van der Waals surface area contributed by atoms with Gasteiger partial charge in [0.25, 0.3) is 0 Å². The van der Waals surface area contributed by atoms with Crippen LogP contribution in [0.1, 0.15) is 17.2 Å². The van der Waals surface area contributed by atoms with Gasteiger partial charge >= 0.3 is 6.18 Å². The normalized spacial score (nSPS) is 16.2. The second-order valence-electron chi connectivity index (χ2n) is 8.04. The molecule has 12 heteroatoms. The summed E-state index contributed by atoms with van der Waals surface area (Å²) in [5.41, 5.74) is 5.64. The fourth-order valence-corrected chi connectivity index (χ4v) is 4.12. The van der Waals surface area contributed by atoms with Gasteiger partial charge in [-0.2, -0.15) is 13.2 Å². The molecule has 2 aromatic rings. The van der Waals surface area contributed by atoms with Crippen LogP contribution in [0.4, 0.5) is 24.8 Å². The minimum Gasteiger partial charge on any atom is -0.383 e. The van der Waals surface area contributed by atoms with Crippen molar-refractivity contribution in [2.75, 3.05) is 64.0 Å². The van der Waals surface area contributed by atoms with E-state index in [1.807, 2.05) is 28.8 Å². The maximum atomic E-state index is 13.1. The number of nitrogen functional groups attached to an aromatic ring is 1. The molecule has 3 rings (SSSR count). The van der Waals surface area contributed by atoms with Crippen LogP contribution in [0.25, 0.3) is 0 Å². The Balaban J connectivity index is 1.78. The summed E-state index contributed by atoms with van der Waals surface area (Å²) in [4.78, 5) is 27.3. The summed E-state index contributed by atoms with van der Waals surface area (Å²) < 4.78 is 39.7. The van der Waals surface area contributed by atoms with Crippen LogP contribution in [0.3, 0.4) is 0 Å². The third-order valence-electron chi connectivity index (χ3n) is 5.44. The first kappa shape index (κ1) is 25.2. The molecule has 1 atom stereocenters. The maximum absolute atomic E-state index is 13.1. The van der Waals surface area contributed by atoms with Crippen molar-refractivity contribution in [3.05, 3.63) is 46.2 Å². The molecule has 8 nitrogen and oxygen atoms in total. The van der Waals surface area contributed by atoms with Crippen LogP contribution in [-0.2, 0) is 11.0 Å². The summed E-state index contributed by atoms with van der Waals surface area (Å²) in [6.45, 7) is 3.26. The van der Waals surface area contributed by atoms with Crippen LogP contribution < -0.4 is 16.0 Å². The molecule has 1 saturated heterocycles. The number of hydrogen-bond acceptors (Lipinski definition) is 7. The highest BCUT2D eigenvalue weighted by Gasteiger charge is 2.34. The molecule has 1 aliphatic rings. The van der Waals surface area contributed by atoms with Crippen LogP contribution in [0.15, 0.2) is 35.1 Å². The molecule has 0 saturated carbocycles. The number of hydrogen-bond donors (Lipinski definition) is 2. The van der Waals surface area contributed by atoms with E-state index in [1.165, 1.54) is 18.5 Å². The number of amides is 1. The number of nitrogens with zero attached hydrogens (tertiary/aromatic N) is 5. The molecule has 0 aliphatic carbocycles. The van der Waals surface area contributed by atoms with Crippen molar-refractivity contribution >= 4 is 33.5 Å². The first-order chi connectivity index (χ1) is 15.6. The predicted molar refractivity (Wildman–Crippen MR) is 124 cm³/mol. The largest absolute Gasteiger partial charge is 0.416 e. The van der Waals surface area contributed by atoms with Crippen LogP contribution >= 0.6 is 15.9 Å². The van der Waals surface area contributed by atoms with Crippen LogP contribution in [0, 0.1) is 0 Å². The number of anilines is 2. The second-order valence-corrected chi connectivity index (χ2v) is 8.83. The number of carbonyl (C=O) groups excluding carboxylic acids is 1. The average molecular weight is 530 g/mol. The van der Waals surface area contributed by atoms with Crippen LogP contribution in [-0.4, -0.2) is 79.0 Å². The molecular weight excluding hydrogens is 503 g/mol. The second kappa shape index (κ2) is 10.7. The van der Waals surface area contributed by atoms with Crippen molar-refractivity contribution < 1.29 is 18.0 Å². The maximum Gasteiger partial charge on any atom is 0.416 e. The van der Waals surface area contributed by atoms with Gasteiger partial charge in [0, 0.05) is 39.3 Å². The van der Waals surface area contributed by atoms with Gasteiger partial charge in [-0.15, -0.1) is 0 Å². The molecule has 1 aromatic carbocycles. The van der Waals surface area contributed by atoms with Crippen molar-refractivity contribution in [1.82, 2.24) is 25.1 Å². The number of likely N-dealkylation sites (N-methyl/N-ethyl adjacent to an activating group) is 1. The van der Waals surface area contributed by atoms with Crippen LogP contribution in [0.5, 0.6) is 0 Å². The number of rotatable bonds is 7. The van der Waals surface area contributed by atoms with Gasteiger partial charge in [0.15, 0.2) is 0 Å². The van der Waals surface area contributed by atoms with Gasteiger partial charge in [0.05, 0.1) is 5.56 Å². The molecule has 1 aromatic heterocycles. The van der Waals surface area contributed by atoms with Gasteiger partial charge in [0.2, 0.25) is 5.91 Å². The standard InChI is InChI=1S/C21H27BrF3N7O/c1-30(2)8-7-27-20(33)17(14-3-5-15(6-4-14)21(23,24)25)31-9-11-32(12-10-31)19-16(22)18(26)28-13-29-19/h3-6,13,17H,7-12H2,1-2H3,(H,27,33)(H2,26,28,29). The molecule has 3 N–H and O–H groups in total. The number of aromatic nitrogens is 2. The van der Waals surface area contributed by atoms with Crippen molar-refractivity contribution in [2.24, 2.45) is 0 Å². The number of benzene rings is 1. The first-order valence-electron chi connectivity index (χ1n) is 10.4. The molecule has 180 valence electrons. The average Bonchev–Trinajstić information content (AvgIpc) is 2.76. The van der Waals surface area contributed by atoms with E-state index >= 15 is 0 Å². The fourth-order valence-electron chi connectivity index (χ4n) is 3.67. The Morgan fingerprint density at radius 2 is 1.82 bits per heavy atom. The van der Waals surface area contributed by atoms with E-state index in [1.54, 1.807) is 0 Å².